The molecule has 0 heterocycles. The van der Waals surface area contributed by atoms with Gasteiger partial charge in [-0.05, 0) is 43.2 Å². The number of ether oxygens (including phenoxy) is 1. The van der Waals surface area contributed by atoms with Crippen molar-refractivity contribution in [1.29, 1.82) is 0 Å². The topological polar surface area (TPSA) is 21.3 Å². The maximum atomic E-state index is 6.04. The lowest BCUT2D eigenvalue weighted by Gasteiger charge is -2.17. The van der Waals surface area contributed by atoms with E-state index < -0.39 is 0 Å². The first kappa shape index (κ1) is 16.5. The number of fused-ring (bicyclic) bond motifs is 1. The Balaban J connectivity index is 1.83. The van der Waals surface area contributed by atoms with Gasteiger partial charge in [-0.3, -0.25) is 0 Å². The third-order valence-electron chi connectivity index (χ3n) is 4.07. The molecule has 2 heteroatoms. The molecule has 0 amide bonds. The number of hydrogen-bond donors (Lipinski definition) is 1. The number of benzene rings is 3. The highest BCUT2D eigenvalue weighted by Gasteiger charge is 2.10. The second-order valence-corrected chi connectivity index (χ2v) is 6.52. The van der Waals surface area contributed by atoms with E-state index in [0.29, 0.717) is 0 Å². The van der Waals surface area contributed by atoms with Gasteiger partial charge in [-0.25, -0.2) is 0 Å². The summed E-state index contributed by atoms with van der Waals surface area (Å²) >= 11 is 0. The molecule has 124 valence electrons. The van der Waals surface area contributed by atoms with Crippen LogP contribution >= 0.6 is 0 Å². The van der Waals surface area contributed by atoms with Crippen LogP contribution in [-0.4, -0.2) is 6.10 Å². The number of aryl methyl sites for hydroxylation is 1. The Morgan fingerprint density at radius 3 is 2.54 bits per heavy atom. The molecule has 3 aromatic carbocycles. The summed E-state index contributed by atoms with van der Waals surface area (Å²) in [5, 5.41) is 6.08. The fourth-order valence-electron chi connectivity index (χ4n) is 3.02. The lowest BCUT2D eigenvalue weighted by atomic mass is 10.0. The first-order valence-electron chi connectivity index (χ1n) is 8.57. The van der Waals surface area contributed by atoms with Gasteiger partial charge in [0.1, 0.15) is 5.75 Å². The average molecular weight is 319 g/mol. The van der Waals surface area contributed by atoms with Crippen molar-refractivity contribution in [2.45, 2.75) is 40.0 Å². The second kappa shape index (κ2) is 7.50. The highest BCUT2D eigenvalue weighted by molar-refractivity contribution is 5.87. The van der Waals surface area contributed by atoms with Crippen molar-refractivity contribution in [3.05, 3.63) is 77.4 Å². The minimum absolute atomic E-state index is 0.168. The minimum atomic E-state index is 0.168. The highest BCUT2D eigenvalue weighted by Crippen LogP contribution is 2.29. The molecule has 0 bridgehead atoms. The zero-order valence-electron chi connectivity index (χ0n) is 14.7. The summed E-state index contributed by atoms with van der Waals surface area (Å²) in [5.41, 5.74) is 3.83. The Morgan fingerprint density at radius 1 is 0.917 bits per heavy atom. The van der Waals surface area contributed by atoms with Crippen LogP contribution in [0.25, 0.3) is 10.8 Å². The maximum absolute atomic E-state index is 6.04. The average Bonchev–Trinajstić information content (AvgIpc) is 2.56. The molecule has 0 atom stereocenters. The molecular weight excluding hydrogens is 294 g/mol. The second-order valence-electron chi connectivity index (χ2n) is 6.52. The number of hydrogen-bond acceptors (Lipinski definition) is 2. The van der Waals surface area contributed by atoms with E-state index in [1.165, 1.54) is 27.5 Å². The van der Waals surface area contributed by atoms with Gasteiger partial charge in [0.2, 0.25) is 0 Å². The van der Waals surface area contributed by atoms with E-state index in [0.717, 1.165) is 18.8 Å². The molecule has 2 nitrogen and oxygen atoms in total. The van der Waals surface area contributed by atoms with Crippen LogP contribution in [0.2, 0.25) is 0 Å². The third-order valence-corrected chi connectivity index (χ3v) is 4.07. The summed E-state index contributed by atoms with van der Waals surface area (Å²) < 4.78 is 6.04. The van der Waals surface area contributed by atoms with E-state index in [9.17, 15) is 0 Å². The molecular formula is C22H25NO. The molecule has 1 N–H and O–H groups in total. The van der Waals surface area contributed by atoms with Crippen molar-refractivity contribution in [1.82, 2.24) is 5.32 Å². The van der Waals surface area contributed by atoms with Crippen LogP contribution in [0.4, 0.5) is 0 Å². The van der Waals surface area contributed by atoms with Crippen molar-refractivity contribution in [2.24, 2.45) is 0 Å². The predicted molar refractivity (Wildman–Crippen MR) is 101 cm³/mol. The molecule has 3 rings (SSSR count). The predicted octanol–water partition coefficient (Wildman–Crippen LogP) is 5.23. The summed E-state index contributed by atoms with van der Waals surface area (Å²) in [6, 6.07) is 21.3. The summed E-state index contributed by atoms with van der Waals surface area (Å²) in [4.78, 5) is 0. The molecule has 3 aromatic rings. The van der Waals surface area contributed by atoms with E-state index in [4.69, 9.17) is 4.74 Å². The van der Waals surface area contributed by atoms with Crippen LogP contribution in [0.5, 0.6) is 5.75 Å². The van der Waals surface area contributed by atoms with E-state index in [1.54, 1.807) is 0 Å². The molecule has 0 aromatic heterocycles. The number of rotatable bonds is 6. The minimum Gasteiger partial charge on any atom is -0.491 e. The van der Waals surface area contributed by atoms with Crippen LogP contribution in [-0.2, 0) is 13.1 Å². The number of nitrogens with one attached hydrogen (secondary N) is 1. The first-order chi connectivity index (χ1) is 11.6. The molecule has 0 aliphatic carbocycles. The molecule has 24 heavy (non-hydrogen) atoms. The van der Waals surface area contributed by atoms with Crippen molar-refractivity contribution in [3.8, 4) is 5.75 Å². The molecule has 0 aliphatic rings. The zero-order valence-corrected chi connectivity index (χ0v) is 14.7. The van der Waals surface area contributed by atoms with E-state index in [1.807, 2.05) is 0 Å². The van der Waals surface area contributed by atoms with Crippen LogP contribution in [0.15, 0.2) is 60.7 Å². The Hall–Kier alpha value is -2.32. The van der Waals surface area contributed by atoms with E-state index >= 15 is 0 Å². The lowest BCUT2D eigenvalue weighted by Crippen LogP contribution is -2.15. The SMILES string of the molecule is Cc1cccc(CNCc2c(OC(C)C)ccc3ccccc23)c1. The van der Waals surface area contributed by atoms with Gasteiger partial charge < -0.3 is 10.1 Å². The van der Waals surface area contributed by atoms with E-state index in [2.05, 4.69) is 86.8 Å². The monoisotopic (exact) mass is 319 g/mol. The highest BCUT2D eigenvalue weighted by atomic mass is 16.5. The standard InChI is InChI=1S/C22H25NO/c1-16(2)24-22-12-11-19-9-4-5-10-20(19)21(22)15-23-14-18-8-6-7-17(3)13-18/h4-13,16,23H,14-15H2,1-3H3. The van der Waals surface area contributed by atoms with Gasteiger partial charge in [0.05, 0.1) is 6.10 Å². The van der Waals surface area contributed by atoms with Gasteiger partial charge in [-0.15, -0.1) is 0 Å². The Morgan fingerprint density at radius 2 is 1.75 bits per heavy atom. The molecule has 0 saturated carbocycles. The van der Waals surface area contributed by atoms with Crippen molar-refractivity contribution < 1.29 is 4.74 Å². The van der Waals surface area contributed by atoms with Crippen LogP contribution in [0, 0.1) is 6.92 Å². The molecule has 0 saturated heterocycles. The molecule has 0 fully saturated rings. The van der Waals surface area contributed by atoms with E-state index in [-0.39, 0.29) is 6.10 Å². The quantitative estimate of drug-likeness (QED) is 0.672. The van der Waals surface area contributed by atoms with Crippen molar-refractivity contribution >= 4 is 10.8 Å². The van der Waals surface area contributed by atoms with Gasteiger partial charge in [0.15, 0.2) is 0 Å². The van der Waals surface area contributed by atoms with Gasteiger partial charge in [-0.2, -0.15) is 0 Å². The molecule has 0 unspecified atom stereocenters. The van der Waals surface area contributed by atoms with Gasteiger partial charge in [0.25, 0.3) is 0 Å². The Kier molecular flexibility index (Phi) is 5.17. The summed E-state index contributed by atoms with van der Waals surface area (Å²) in [5.74, 6) is 0.973. The Labute approximate surface area is 144 Å². The summed E-state index contributed by atoms with van der Waals surface area (Å²) in [6.07, 6.45) is 0.168. The summed E-state index contributed by atoms with van der Waals surface area (Å²) in [7, 11) is 0. The van der Waals surface area contributed by atoms with Crippen molar-refractivity contribution in [2.75, 3.05) is 0 Å². The van der Waals surface area contributed by atoms with Gasteiger partial charge in [-0.1, -0.05) is 60.2 Å². The summed E-state index contributed by atoms with van der Waals surface area (Å²) in [6.45, 7) is 7.91. The lowest BCUT2D eigenvalue weighted by molar-refractivity contribution is 0.240. The fourth-order valence-corrected chi connectivity index (χ4v) is 3.02. The third kappa shape index (κ3) is 3.95. The van der Waals surface area contributed by atoms with Crippen LogP contribution in [0.3, 0.4) is 0 Å². The smallest absolute Gasteiger partial charge is 0.124 e. The Bertz CT molecular complexity index is 823. The van der Waals surface area contributed by atoms with Gasteiger partial charge in [0, 0.05) is 18.7 Å². The first-order valence-corrected chi connectivity index (χ1v) is 8.57. The molecule has 0 aliphatic heterocycles. The largest absolute Gasteiger partial charge is 0.491 e. The maximum Gasteiger partial charge on any atom is 0.124 e. The van der Waals surface area contributed by atoms with Crippen LogP contribution < -0.4 is 10.1 Å². The van der Waals surface area contributed by atoms with Gasteiger partial charge >= 0.3 is 0 Å². The normalized spacial score (nSPS) is 11.2. The van der Waals surface area contributed by atoms with Crippen LogP contribution in [0.1, 0.15) is 30.5 Å². The van der Waals surface area contributed by atoms with Crippen molar-refractivity contribution in [3.63, 3.8) is 0 Å². The zero-order chi connectivity index (χ0) is 16.9. The fraction of sp³-hybridized carbons (Fsp3) is 0.273. The molecule has 0 radical (unpaired) electrons. The molecule has 0 spiro atoms.